The van der Waals surface area contributed by atoms with Crippen LogP contribution in [0.1, 0.15) is 0 Å². The molecule has 0 amide bonds. The van der Waals surface area contributed by atoms with E-state index >= 15 is 0 Å². The van der Waals surface area contributed by atoms with Crippen molar-refractivity contribution in [1.29, 1.82) is 0 Å². The summed E-state index contributed by atoms with van der Waals surface area (Å²) in [6, 6.07) is 0. The van der Waals surface area contributed by atoms with Gasteiger partial charge in [0.1, 0.15) is 0 Å². The third-order valence-corrected chi connectivity index (χ3v) is 8.24. The second-order valence-corrected chi connectivity index (χ2v) is 9.56. The second kappa shape index (κ2) is 4.71. The van der Waals surface area contributed by atoms with Crippen molar-refractivity contribution in [1.82, 2.24) is 0 Å². The summed E-state index contributed by atoms with van der Waals surface area (Å²) in [6.45, 7) is 5.26. The van der Waals surface area contributed by atoms with E-state index in [4.69, 9.17) is 0 Å². The van der Waals surface area contributed by atoms with Crippen LogP contribution in [0, 0.1) is 0 Å². The highest BCUT2D eigenvalue weighted by molar-refractivity contribution is 8.95. The number of hydrogen-bond donors (Lipinski definition) is 1. The summed E-state index contributed by atoms with van der Waals surface area (Å²) in [6.07, 6.45) is 0. The van der Waals surface area contributed by atoms with Gasteiger partial charge >= 0.3 is 0 Å². The summed E-state index contributed by atoms with van der Waals surface area (Å²) in [5, 5.41) is 0. The van der Waals surface area contributed by atoms with Crippen molar-refractivity contribution in [3.8, 4) is 0 Å². The van der Waals surface area contributed by atoms with E-state index in [1.54, 1.807) is 0 Å². The molecule has 0 aliphatic rings. The summed E-state index contributed by atoms with van der Waals surface area (Å²) < 4.78 is 0. The zero-order chi connectivity index (χ0) is 4.99. The van der Waals surface area contributed by atoms with Crippen LogP contribution in [0.5, 0.6) is 0 Å². The third kappa shape index (κ3) is 5.56. The van der Waals surface area contributed by atoms with Crippen molar-refractivity contribution >= 4 is 37.4 Å². The lowest BCUT2D eigenvalue weighted by atomic mass is 11.9. The minimum Gasteiger partial charge on any atom is -0.143 e. The number of rotatable bonds is 2. The molecule has 0 aromatic rings. The van der Waals surface area contributed by atoms with E-state index in [9.17, 15) is 0 Å². The first-order valence-corrected chi connectivity index (χ1v) is 8.18. The van der Waals surface area contributed by atoms with Gasteiger partial charge in [0.2, 0.25) is 0 Å². The Morgan fingerprint density at radius 2 is 2.17 bits per heavy atom. The maximum Gasteiger partial charge on any atom is -0.000898 e. The van der Waals surface area contributed by atoms with Crippen LogP contribution in [-0.4, -0.2) is 13.3 Å². The van der Waals surface area contributed by atoms with Gasteiger partial charge in [-0.05, 0) is 27.4 Å². The van der Waals surface area contributed by atoms with E-state index < -0.39 is 0 Å². The highest BCUT2D eigenvalue weighted by atomic mass is 33.2. The zero-order valence-electron chi connectivity index (χ0n) is 3.80. The van der Waals surface area contributed by atoms with Gasteiger partial charge in [0, 0.05) is 0 Å². The molecule has 0 spiro atoms. The van der Waals surface area contributed by atoms with Gasteiger partial charge in [0.05, 0.1) is 0 Å². The van der Waals surface area contributed by atoms with Crippen LogP contribution in [-0.2, 0) is 0 Å². The fourth-order valence-electron chi connectivity index (χ4n) is 0.0816. The van der Waals surface area contributed by atoms with E-state index in [1.165, 1.54) is 0 Å². The SMILES string of the molecule is CP(C)SPS. The average molecular weight is 158 g/mol. The van der Waals surface area contributed by atoms with Gasteiger partial charge < -0.3 is 0 Å². The maximum absolute atomic E-state index is 4.07. The fourth-order valence-corrected chi connectivity index (χ4v) is 6.61. The molecule has 38 valence electrons. The van der Waals surface area contributed by atoms with Crippen LogP contribution >= 0.6 is 37.4 Å². The second-order valence-electron chi connectivity index (χ2n) is 0.995. The van der Waals surface area contributed by atoms with E-state index in [-0.39, 0.29) is 7.12 Å². The maximum atomic E-state index is 4.07. The Morgan fingerprint density at radius 3 is 2.17 bits per heavy atom. The smallest absolute Gasteiger partial charge is 0.000898 e. The molecule has 0 N–H and O–H groups in total. The Bertz CT molecular complexity index is 30.7. The Balaban J connectivity index is 2.63. The van der Waals surface area contributed by atoms with Crippen molar-refractivity contribution < 1.29 is 0 Å². The predicted molar refractivity (Wildman–Crippen MR) is 43.7 cm³/mol. The lowest BCUT2D eigenvalue weighted by Crippen LogP contribution is -1.43. The highest BCUT2D eigenvalue weighted by Crippen LogP contribution is 2.55. The van der Waals surface area contributed by atoms with Crippen molar-refractivity contribution in [3.63, 3.8) is 0 Å². The van der Waals surface area contributed by atoms with E-state index in [1.807, 2.05) is 11.0 Å². The normalized spacial score (nSPS) is 12.0. The largest absolute Gasteiger partial charge is 0.143 e. The molecule has 0 aromatic heterocycles. The summed E-state index contributed by atoms with van der Waals surface area (Å²) in [7, 11) is 0.252. The highest BCUT2D eigenvalue weighted by Gasteiger charge is 1.85. The summed E-state index contributed by atoms with van der Waals surface area (Å²) in [4.78, 5) is 0. The molecular weight excluding hydrogens is 150 g/mol. The Labute approximate surface area is 51.0 Å². The zero-order valence-corrected chi connectivity index (χ0v) is 7.41. The molecule has 6 heavy (non-hydrogen) atoms. The standard InChI is InChI=1S/C2H8P2S2/c1-4(2)6-3-5/h3,5H,1-2H3. The van der Waals surface area contributed by atoms with Crippen molar-refractivity contribution in [2.75, 3.05) is 13.3 Å². The number of thiol groups is 1. The van der Waals surface area contributed by atoms with Gasteiger partial charge in [-0.3, -0.25) is 0 Å². The molecule has 0 saturated carbocycles. The van der Waals surface area contributed by atoms with Gasteiger partial charge in [0.25, 0.3) is 0 Å². The molecule has 0 aliphatic heterocycles. The Kier molecular flexibility index (Phi) is 5.94. The molecule has 0 rings (SSSR count). The Morgan fingerprint density at radius 1 is 1.67 bits per heavy atom. The van der Waals surface area contributed by atoms with Gasteiger partial charge in [-0.2, -0.15) is 0 Å². The van der Waals surface area contributed by atoms with E-state index in [2.05, 4.69) is 25.6 Å². The quantitative estimate of drug-likeness (QED) is 0.476. The third-order valence-electron chi connectivity index (χ3n) is 0.223. The van der Waals surface area contributed by atoms with Crippen LogP contribution in [0.4, 0.5) is 0 Å². The molecule has 4 heteroatoms. The molecule has 0 saturated heterocycles. The molecular formula is C2H8P2S2. The van der Waals surface area contributed by atoms with Crippen molar-refractivity contribution in [2.24, 2.45) is 0 Å². The lowest BCUT2D eigenvalue weighted by Gasteiger charge is -1.96. The average Bonchev–Trinajstić information content (AvgIpc) is 1.35. The van der Waals surface area contributed by atoms with Gasteiger partial charge in [-0.25, -0.2) is 0 Å². The first kappa shape index (κ1) is 7.56. The van der Waals surface area contributed by atoms with Crippen molar-refractivity contribution in [2.45, 2.75) is 0 Å². The monoisotopic (exact) mass is 158 g/mol. The summed E-state index contributed by atoms with van der Waals surface area (Å²) >= 11 is 6.01. The molecule has 1 unspecified atom stereocenters. The molecule has 0 heterocycles. The number of hydrogen-bond acceptors (Lipinski definition) is 2. The van der Waals surface area contributed by atoms with E-state index in [0.717, 1.165) is 6.98 Å². The lowest BCUT2D eigenvalue weighted by molar-refractivity contribution is 2.30. The van der Waals surface area contributed by atoms with Gasteiger partial charge in [-0.1, -0.05) is 11.0 Å². The van der Waals surface area contributed by atoms with Gasteiger partial charge in [-0.15, -0.1) is 12.2 Å². The first-order valence-electron chi connectivity index (χ1n) is 1.50. The van der Waals surface area contributed by atoms with Crippen LogP contribution in [0.15, 0.2) is 0 Å². The van der Waals surface area contributed by atoms with Crippen LogP contribution in [0.25, 0.3) is 0 Å². The first-order chi connectivity index (χ1) is 2.77. The Hall–Kier alpha value is 1.56. The summed E-state index contributed by atoms with van der Waals surface area (Å²) in [5.41, 5.74) is 0. The van der Waals surface area contributed by atoms with Crippen molar-refractivity contribution in [3.05, 3.63) is 0 Å². The molecule has 0 nitrogen and oxygen atoms in total. The summed E-state index contributed by atoms with van der Waals surface area (Å²) in [5.74, 6) is 0. The molecule has 0 aliphatic carbocycles. The molecule has 0 fully saturated rings. The van der Waals surface area contributed by atoms with Gasteiger partial charge in [0.15, 0.2) is 0 Å². The topological polar surface area (TPSA) is 0 Å². The molecule has 1 atom stereocenters. The molecule has 0 aromatic carbocycles. The van der Waals surface area contributed by atoms with Crippen LogP contribution < -0.4 is 0 Å². The molecule has 0 bridgehead atoms. The van der Waals surface area contributed by atoms with Crippen LogP contribution in [0.2, 0.25) is 0 Å². The van der Waals surface area contributed by atoms with Crippen LogP contribution in [0.3, 0.4) is 0 Å². The minimum absolute atomic E-state index is 0.252. The minimum atomic E-state index is 0.252. The predicted octanol–water partition coefficient (Wildman–Crippen LogP) is 2.81. The fraction of sp³-hybridized carbons (Fsp3) is 1.00. The molecule has 0 radical (unpaired) electrons. The van der Waals surface area contributed by atoms with E-state index in [0.29, 0.717) is 0 Å².